The number of hydrogen-bond donors (Lipinski definition) is 2. The molecule has 0 spiro atoms. The van der Waals surface area contributed by atoms with Crippen molar-refractivity contribution in [2.24, 2.45) is 5.41 Å². The topological polar surface area (TPSA) is 12.0 Å². The van der Waals surface area contributed by atoms with E-state index in [4.69, 9.17) is 12.6 Å². The lowest BCUT2D eigenvalue weighted by atomic mass is 9.60. The Morgan fingerprint density at radius 3 is 1.79 bits per heavy atom. The van der Waals surface area contributed by atoms with E-state index in [2.05, 4.69) is 54.7 Å². The fraction of sp³-hybridized carbons (Fsp3) is 1.00. The normalized spacial score (nSPS) is 21.4. The predicted octanol–water partition coefficient (Wildman–Crippen LogP) is 2.07. The van der Waals surface area contributed by atoms with Crippen LogP contribution in [0.5, 0.6) is 0 Å². The number of hydrogen-bond acceptors (Lipinski definition) is 2. The molecule has 0 heterocycles. The molecule has 2 unspecified atom stereocenters. The maximum atomic E-state index is 4.74. The fourth-order valence-corrected chi connectivity index (χ4v) is 2.19. The van der Waals surface area contributed by atoms with Crippen LogP contribution >= 0.6 is 12.6 Å². The van der Waals surface area contributed by atoms with Crippen LogP contribution in [0.1, 0.15) is 48.0 Å². The molecule has 0 saturated carbocycles. The van der Waals surface area contributed by atoms with E-state index in [0.29, 0.717) is 0 Å². The van der Waals surface area contributed by atoms with Gasteiger partial charge in [-0.25, -0.2) is 0 Å². The Kier molecular flexibility index (Phi) is 4.60. The molecule has 0 aromatic carbocycles. The van der Waals surface area contributed by atoms with Crippen molar-refractivity contribution in [1.82, 2.24) is 5.32 Å². The average Bonchev–Trinajstić information content (AvgIpc) is 1.95. The molecule has 1 N–H and O–H groups in total. The van der Waals surface area contributed by atoms with Crippen LogP contribution in [-0.4, -0.2) is 24.6 Å². The number of rotatable bonds is 4. The van der Waals surface area contributed by atoms with E-state index in [1.54, 1.807) is 0 Å². The first kappa shape index (κ1) is 14.4. The van der Waals surface area contributed by atoms with E-state index in [1.165, 1.54) is 0 Å². The molecule has 0 aliphatic carbocycles. The minimum Gasteiger partial charge on any atom is -0.310 e. The summed E-state index contributed by atoms with van der Waals surface area (Å²) in [6.07, 6.45) is 1.16. The van der Waals surface area contributed by atoms with Gasteiger partial charge in [-0.3, -0.25) is 0 Å². The van der Waals surface area contributed by atoms with E-state index in [9.17, 15) is 0 Å². The van der Waals surface area contributed by atoms with Gasteiger partial charge in [0.25, 0.3) is 0 Å². The molecule has 84 valence electrons. The second-order valence-corrected chi connectivity index (χ2v) is 6.98. The lowest BCUT2D eigenvalue weighted by Gasteiger charge is -2.51. The molecule has 3 heteroatoms. The zero-order valence-electron chi connectivity index (χ0n) is 10.9. The molecule has 0 fully saturated rings. The summed E-state index contributed by atoms with van der Waals surface area (Å²) in [5.74, 6) is 0. The SMILES string of the molecule is BC(C)(S)C(C)(NCCC)C(C)(C)C. The van der Waals surface area contributed by atoms with Gasteiger partial charge in [0.2, 0.25) is 0 Å². The van der Waals surface area contributed by atoms with Gasteiger partial charge < -0.3 is 5.32 Å². The monoisotopic (exact) mass is 215 g/mol. The van der Waals surface area contributed by atoms with Gasteiger partial charge >= 0.3 is 0 Å². The zero-order chi connectivity index (χ0) is 11.6. The third kappa shape index (κ3) is 2.93. The summed E-state index contributed by atoms with van der Waals surface area (Å²) in [6, 6.07) is 0. The predicted molar refractivity (Wildman–Crippen MR) is 72.1 cm³/mol. The smallest absolute Gasteiger partial charge is 0.124 e. The van der Waals surface area contributed by atoms with Crippen LogP contribution in [0.25, 0.3) is 0 Å². The number of thiol groups is 1. The average molecular weight is 215 g/mol. The summed E-state index contributed by atoms with van der Waals surface area (Å²) in [7, 11) is 2.18. The first-order valence-corrected chi connectivity index (χ1v) is 5.98. The maximum Gasteiger partial charge on any atom is 0.124 e. The van der Waals surface area contributed by atoms with Crippen molar-refractivity contribution >= 4 is 20.5 Å². The van der Waals surface area contributed by atoms with Crippen LogP contribution in [0, 0.1) is 5.41 Å². The van der Waals surface area contributed by atoms with E-state index in [0.717, 1.165) is 13.0 Å². The van der Waals surface area contributed by atoms with Gasteiger partial charge in [0.05, 0.1) is 0 Å². The molecule has 0 aliphatic rings. The molecule has 0 aromatic heterocycles. The Labute approximate surface area is 96.2 Å². The number of nitrogens with one attached hydrogen (secondary N) is 1. The molecule has 14 heavy (non-hydrogen) atoms. The summed E-state index contributed by atoms with van der Waals surface area (Å²) in [6.45, 7) is 14.5. The van der Waals surface area contributed by atoms with Crippen LogP contribution in [0.2, 0.25) is 0 Å². The van der Waals surface area contributed by atoms with E-state index >= 15 is 0 Å². The standard InChI is InChI=1S/C11H26BNS/c1-7-8-13-10(5,9(2,3)4)11(6,12)14/h13-14H,7-8,12H2,1-6H3. The molecular weight excluding hydrogens is 189 g/mol. The summed E-state index contributed by atoms with van der Waals surface area (Å²) in [5.41, 5.74) is 0.243. The zero-order valence-corrected chi connectivity index (χ0v) is 11.8. The highest BCUT2D eigenvalue weighted by Crippen LogP contribution is 2.40. The molecule has 2 atom stereocenters. The lowest BCUT2D eigenvalue weighted by Crippen LogP contribution is -2.64. The highest BCUT2D eigenvalue weighted by atomic mass is 32.1. The van der Waals surface area contributed by atoms with E-state index in [1.807, 2.05) is 0 Å². The second-order valence-electron chi connectivity index (χ2n) is 5.86. The van der Waals surface area contributed by atoms with Crippen LogP contribution in [0.15, 0.2) is 0 Å². The van der Waals surface area contributed by atoms with Crippen molar-refractivity contribution in [3.05, 3.63) is 0 Å². The molecule has 0 amide bonds. The quantitative estimate of drug-likeness (QED) is 0.540. The summed E-state index contributed by atoms with van der Waals surface area (Å²) < 4.78 is -0.0274. The van der Waals surface area contributed by atoms with Crippen molar-refractivity contribution in [3.63, 3.8) is 0 Å². The van der Waals surface area contributed by atoms with Crippen molar-refractivity contribution in [2.75, 3.05) is 6.54 Å². The Hall–Kier alpha value is 0.375. The van der Waals surface area contributed by atoms with Crippen LogP contribution in [0.4, 0.5) is 0 Å². The van der Waals surface area contributed by atoms with Crippen molar-refractivity contribution in [2.45, 2.75) is 58.1 Å². The van der Waals surface area contributed by atoms with Gasteiger partial charge in [0, 0.05) is 5.54 Å². The van der Waals surface area contributed by atoms with E-state index in [-0.39, 0.29) is 15.6 Å². The maximum absolute atomic E-state index is 4.74. The van der Waals surface area contributed by atoms with Crippen LogP contribution in [-0.2, 0) is 0 Å². The summed E-state index contributed by atoms with van der Waals surface area (Å²) >= 11 is 4.74. The van der Waals surface area contributed by atoms with Gasteiger partial charge in [-0.05, 0) is 30.0 Å². The lowest BCUT2D eigenvalue weighted by molar-refractivity contribution is 0.144. The minimum atomic E-state index is -0.0274. The highest BCUT2D eigenvalue weighted by Gasteiger charge is 2.46. The minimum absolute atomic E-state index is 0.0274. The van der Waals surface area contributed by atoms with Crippen molar-refractivity contribution in [3.8, 4) is 0 Å². The largest absolute Gasteiger partial charge is 0.310 e. The molecule has 0 aromatic rings. The second kappa shape index (κ2) is 4.48. The van der Waals surface area contributed by atoms with E-state index < -0.39 is 0 Å². The Morgan fingerprint density at radius 1 is 1.14 bits per heavy atom. The van der Waals surface area contributed by atoms with Gasteiger partial charge in [-0.15, -0.1) is 0 Å². The molecule has 1 nitrogen and oxygen atoms in total. The molecule has 0 rings (SSSR count). The Balaban J connectivity index is 4.87. The third-order valence-electron chi connectivity index (χ3n) is 3.45. The van der Waals surface area contributed by atoms with Gasteiger partial charge in [0.1, 0.15) is 7.85 Å². The third-order valence-corrected chi connectivity index (χ3v) is 3.90. The highest BCUT2D eigenvalue weighted by molar-refractivity contribution is 7.83. The molecule has 0 aliphatic heterocycles. The molecule has 0 saturated heterocycles. The van der Waals surface area contributed by atoms with Crippen molar-refractivity contribution < 1.29 is 0 Å². The van der Waals surface area contributed by atoms with Crippen LogP contribution in [0.3, 0.4) is 0 Å². The van der Waals surface area contributed by atoms with Gasteiger partial charge in [-0.1, -0.05) is 34.6 Å². The molecule has 0 bridgehead atoms. The molecule has 0 radical (unpaired) electrons. The Morgan fingerprint density at radius 2 is 1.57 bits per heavy atom. The van der Waals surface area contributed by atoms with Gasteiger partial charge in [0.15, 0.2) is 0 Å². The fourth-order valence-electron chi connectivity index (χ4n) is 1.77. The van der Waals surface area contributed by atoms with Crippen LogP contribution < -0.4 is 5.32 Å². The summed E-state index contributed by atoms with van der Waals surface area (Å²) in [5, 5.41) is 3.65. The first-order chi connectivity index (χ1) is 6.06. The van der Waals surface area contributed by atoms with Crippen molar-refractivity contribution in [1.29, 1.82) is 0 Å². The first-order valence-electron chi connectivity index (χ1n) is 5.53. The molecular formula is C11H26BNS. The van der Waals surface area contributed by atoms with Gasteiger partial charge in [-0.2, -0.15) is 12.6 Å². The Bertz CT molecular complexity index is 165. The summed E-state index contributed by atoms with van der Waals surface area (Å²) in [4.78, 5) is 0.